The third-order valence-electron chi connectivity index (χ3n) is 2.49. The topological polar surface area (TPSA) is 64.3 Å². The molecule has 0 aliphatic rings. The van der Waals surface area contributed by atoms with Crippen LogP contribution in [0, 0.1) is 6.92 Å². The zero-order valence-corrected chi connectivity index (χ0v) is 10.7. The fourth-order valence-electron chi connectivity index (χ4n) is 1.48. The molecule has 5 heteroatoms. The first-order valence-electron chi connectivity index (χ1n) is 5.60. The van der Waals surface area contributed by atoms with Gasteiger partial charge in [-0.3, -0.25) is 0 Å². The van der Waals surface area contributed by atoms with Gasteiger partial charge >= 0.3 is 0 Å². The van der Waals surface area contributed by atoms with Crippen LogP contribution in [-0.4, -0.2) is 24.1 Å². The van der Waals surface area contributed by atoms with Crippen molar-refractivity contribution in [1.29, 1.82) is 0 Å². The second-order valence-corrected chi connectivity index (χ2v) is 4.21. The van der Waals surface area contributed by atoms with E-state index in [1.165, 1.54) is 0 Å². The Labute approximate surface area is 106 Å². The molecule has 0 atom stereocenters. The van der Waals surface area contributed by atoms with E-state index in [2.05, 4.69) is 9.97 Å². The summed E-state index contributed by atoms with van der Waals surface area (Å²) in [6, 6.07) is 7.76. The van der Waals surface area contributed by atoms with Crippen LogP contribution in [0.4, 0.5) is 11.6 Å². The maximum absolute atomic E-state index is 5.72. The van der Waals surface area contributed by atoms with Crippen molar-refractivity contribution in [3.05, 3.63) is 36.0 Å². The number of nitrogens with two attached hydrogens (primary N) is 1. The van der Waals surface area contributed by atoms with E-state index in [-0.39, 0.29) is 5.95 Å². The molecule has 94 valence electrons. The molecule has 1 heterocycles. The van der Waals surface area contributed by atoms with Crippen LogP contribution in [-0.2, 0) is 0 Å². The number of aryl methyl sites for hydroxylation is 1. The Morgan fingerprint density at radius 2 is 2.06 bits per heavy atom. The van der Waals surface area contributed by atoms with E-state index in [1.807, 2.05) is 50.2 Å². The molecular weight excluding hydrogens is 228 g/mol. The lowest BCUT2D eigenvalue weighted by Gasteiger charge is -2.14. The van der Waals surface area contributed by atoms with Crippen molar-refractivity contribution in [2.45, 2.75) is 6.92 Å². The first-order valence-corrected chi connectivity index (χ1v) is 5.60. The van der Waals surface area contributed by atoms with E-state index in [0.29, 0.717) is 5.88 Å². The van der Waals surface area contributed by atoms with Crippen molar-refractivity contribution in [2.75, 3.05) is 24.7 Å². The third-order valence-corrected chi connectivity index (χ3v) is 2.49. The van der Waals surface area contributed by atoms with Gasteiger partial charge < -0.3 is 15.4 Å². The predicted octanol–water partition coefficient (Wildman–Crippen LogP) is 2.23. The molecule has 0 radical (unpaired) electrons. The van der Waals surface area contributed by atoms with E-state index in [9.17, 15) is 0 Å². The first-order chi connectivity index (χ1) is 8.56. The number of ether oxygens (including phenoxy) is 1. The lowest BCUT2D eigenvalue weighted by molar-refractivity contribution is 0.458. The molecule has 0 saturated carbocycles. The minimum Gasteiger partial charge on any atom is -0.438 e. The molecule has 5 nitrogen and oxygen atoms in total. The quantitative estimate of drug-likeness (QED) is 0.896. The van der Waals surface area contributed by atoms with Gasteiger partial charge in [-0.05, 0) is 19.1 Å². The van der Waals surface area contributed by atoms with Gasteiger partial charge in [0.25, 0.3) is 0 Å². The summed E-state index contributed by atoms with van der Waals surface area (Å²) in [5.74, 6) is 1.42. The highest BCUT2D eigenvalue weighted by Crippen LogP contribution is 2.25. The lowest BCUT2D eigenvalue weighted by atomic mass is 10.3. The summed E-state index contributed by atoms with van der Waals surface area (Å²) < 4.78 is 5.72. The SMILES string of the molecule is Cc1cnc(N)nc1Oc1cccc(N(C)C)c1. The number of rotatable bonds is 3. The Morgan fingerprint density at radius 1 is 1.28 bits per heavy atom. The van der Waals surface area contributed by atoms with Crippen molar-refractivity contribution in [3.8, 4) is 11.6 Å². The van der Waals surface area contributed by atoms with Gasteiger partial charge in [-0.2, -0.15) is 4.98 Å². The van der Waals surface area contributed by atoms with Gasteiger partial charge in [-0.25, -0.2) is 4.98 Å². The van der Waals surface area contributed by atoms with Crippen molar-refractivity contribution in [3.63, 3.8) is 0 Å². The van der Waals surface area contributed by atoms with E-state index < -0.39 is 0 Å². The summed E-state index contributed by atoms with van der Waals surface area (Å²) in [5, 5.41) is 0. The number of anilines is 2. The summed E-state index contributed by atoms with van der Waals surface area (Å²) in [6.07, 6.45) is 1.65. The Morgan fingerprint density at radius 3 is 2.78 bits per heavy atom. The summed E-state index contributed by atoms with van der Waals surface area (Å²) in [6.45, 7) is 1.88. The Balaban J connectivity index is 2.28. The molecule has 0 fully saturated rings. The van der Waals surface area contributed by atoms with E-state index in [4.69, 9.17) is 10.5 Å². The van der Waals surface area contributed by atoms with Crippen LogP contribution in [0.15, 0.2) is 30.5 Å². The Bertz CT molecular complexity index is 554. The van der Waals surface area contributed by atoms with Crippen LogP contribution >= 0.6 is 0 Å². The molecule has 1 aromatic heterocycles. The lowest BCUT2D eigenvalue weighted by Crippen LogP contribution is -2.08. The Hall–Kier alpha value is -2.30. The summed E-state index contributed by atoms with van der Waals surface area (Å²) in [5.41, 5.74) is 7.46. The number of hydrogen-bond donors (Lipinski definition) is 1. The van der Waals surface area contributed by atoms with Crippen LogP contribution in [0.3, 0.4) is 0 Å². The third kappa shape index (κ3) is 2.68. The molecular formula is C13H16N4O. The van der Waals surface area contributed by atoms with Crippen molar-refractivity contribution >= 4 is 11.6 Å². The van der Waals surface area contributed by atoms with Crippen molar-refractivity contribution in [2.24, 2.45) is 0 Å². The highest BCUT2D eigenvalue weighted by molar-refractivity contribution is 5.50. The standard InChI is InChI=1S/C13H16N4O/c1-9-8-15-13(14)16-12(9)18-11-6-4-5-10(7-11)17(2)3/h4-8H,1-3H3,(H2,14,15,16). The van der Waals surface area contributed by atoms with E-state index >= 15 is 0 Å². The average molecular weight is 244 g/mol. The van der Waals surface area contributed by atoms with E-state index in [0.717, 1.165) is 17.0 Å². The molecule has 0 aliphatic carbocycles. The minimum absolute atomic E-state index is 0.208. The smallest absolute Gasteiger partial charge is 0.226 e. The average Bonchev–Trinajstić information content (AvgIpc) is 2.34. The molecule has 0 amide bonds. The monoisotopic (exact) mass is 244 g/mol. The van der Waals surface area contributed by atoms with Gasteiger partial charge in [0.05, 0.1) is 0 Å². The van der Waals surface area contributed by atoms with E-state index in [1.54, 1.807) is 6.20 Å². The maximum atomic E-state index is 5.72. The number of hydrogen-bond acceptors (Lipinski definition) is 5. The van der Waals surface area contributed by atoms with Gasteiger partial charge in [0.2, 0.25) is 11.8 Å². The predicted molar refractivity (Wildman–Crippen MR) is 72.0 cm³/mol. The zero-order chi connectivity index (χ0) is 13.1. The Kier molecular flexibility index (Phi) is 3.32. The normalized spacial score (nSPS) is 10.2. The summed E-state index contributed by atoms with van der Waals surface area (Å²) >= 11 is 0. The number of nitrogen functional groups attached to an aromatic ring is 1. The molecule has 2 aromatic rings. The van der Waals surface area contributed by atoms with Crippen molar-refractivity contribution in [1.82, 2.24) is 9.97 Å². The number of nitrogens with zero attached hydrogens (tertiary/aromatic N) is 3. The molecule has 0 saturated heterocycles. The van der Waals surface area contributed by atoms with Gasteiger partial charge in [-0.1, -0.05) is 6.07 Å². The van der Waals surface area contributed by atoms with Crippen LogP contribution < -0.4 is 15.4 Å². The highest BCUT2D eigenvalue weighted by atomic mass is 16.5. The van der Waals surface area contributed by atoms with Crippen LogP contribution in [0.2, 0.25) is 0 Å². The molecule has 0 spiro atoms. The molecule has 1 aromatic carbocycles. The second kappa shape index (κ2) is 4.91. The van der Waals surface area contributed by atoms with Gasteiger partial charge in [0.15, 0.2) is 0 Å². The van der Waals surface area contributed by atoms with Gasteiger partial charge in [-0.15, -0.1) is 0 Å². The first kappa shape index (κ1) is 12.2. The molecule has 0 aliphatic heterocycles. The molecule has 2 rings (SSSR count). The molecule has 2 N–H and O–H groups in total. The van der Waals surface area contributed by atoms with Crippen molar-refractivity contribution < 1.29 is 4.74 Å². The minimum atomic E-state index is 0.208. The van der Waals surface area contributed by atoms with Gasteiger partial charge in [0, 0.05) is 37.6 Å². The van der Waals surface area contributed by atoms with Crippen LogP contribution in [0.25, 0.3) is 0 Å². The van der Waals surface area contributed by atoms with Crippen LogP contribution in [0.5, 0.6) is 11.6 Å². The largest absolute Gasteiger partial charge is 0.438 e. The number of aromatic nitrogens is 2. The van der Waals surface area contributed by atoms with Crippen LogP contribution in [0.1, 0.15) is 5.56 Å². The fraction of sp³-hybridized carbons (Fsp3) is 0.231. The molecule has 18 heavy (non-hydrogen) atoms. The number of benzene rings is 1. The summed E-state index contributed by atoms with van der Waals surface area (Å²) in [4.78, 5) is 9.99. The van der Waals surface area contributed by atoms with Gasteiger partial charge in [0.1, 0.15) is 5.75 Å². The zero-order valence-electron chi connectivity index (χ0n) is 10.7. The maximum Gasteiger partial charge on any atom is 0.226 e. The second-order valence-electron chi connectivity index (χ2n) is 4.21. The molecule has 0 bridgehead atoms. The highest BCUT2D eigenvalue weighted by Gasteiger charge is 2.05. The molecule has 0 unspecified atom stereocenters. The fourth-order valence-corrected chi connectivity index (χ4v) is 1.48. The summed E-state index contributed by atoms with van der Waals surface area (Å²) in [7, 11) is 3.96.